The van der Waals surface area contributed by atoms with E-state index in [1.165, 1.54) is 0 Å². The molecule has 0 saturated heterocycles. The van der Waals surface area contributed by atoms with Crippen molar-refractivity contribution in [3.8, 4) is 0 Å². The van der Waals surface area contributed by atoms with Gasteiger partial charge in [0.25, 0.3) is 0 Å². The van der Waals surface area contributed by atoms with Gasteiger partial charge in [-0.2, -0.15) is 0 Å². The van der Waals surface area contributed by atoms with Gasteiger partial charge in [0.2, 0.25) is 5.91 Å². The van der Waals surface area contributed by atoms with Gasteiger partial charge in [-0.1, -0.05) is 0 Å². The summed E-state index contributed by atoms with van der Waals surface area (Å²) in [5.41, 5.74) is 0. The molecule has 1 amide bonds. The number of nitrogens with one attached hydrogen (secondary N) is 1. The van der Waals surface area contributed by atoms with Crippen LogP contribution in [-0.2, 0) is 9.53 Å². The molecular formula is C11H24N2O2. The molecule has 0 radical (unpaired) electrons. The summed E-state index contributed by atoms with van der Waals surface area (Å²) < 4.78 is 5.35. The number of carbonyl (C=O) groups excluding carboxylic acids is 1. The van der Waals surface area contributed by atoms with Crippen LogP contribution in [0.25, 0.3) is 0 Å². The Kier molecular flexibility index (Phi) is 8.33. The third-order valence-corrected chi connectivity index (χ3v) is 2.12. The van der Waals surface area contributed by atoms with Gasteiger partial charge in [0, 0.05) is 19.6 Å². The van der Waals surface area contributed by atoms with Gasteiger partial charge in [0.1, 0.15) is 0 Å². The Hall–Kier alpha value is -0.610. The molecule has 0 aromatic carbocycles. The molecule has 15 heavy (non-hydrogen) atoms. The molecule has 1 N–H and O–H groups in total. The average molecular weight is 216 g/mol. The number of carbonyl (C=O) groups is 1. The van der Waals surface area contributed by atoms with Crippen LogP contribution in [-0.4, -0.2) is 49.7 Å². The van der Waals surface area contributed by atoms with Crippen LogP contribution < -0.4 is 5.32 Å². The maximum absolute atomic E-state index is 11.5. The van der Waals surface area contributed by atoms with Crippen LogP contribution in [0.4, 0.5) is 0 Å². The molecule has 0 rings (SSSR count). The molecule has 0 aliphatic heterocycles. The Morgan fingerprint density at radius 3 is 2.40 bits per heavy atom. The molecule has 0 spiro atoms. The zero-order valence-corrected chi connectivity index (χ0v) is 10.4. The Balaban J connectivity index is 3.46. The maximum atomic E-state index is 11.5. The lowest BCUT2D eigenvalue weighted by atomic mass is 10.4. The largest absolute Gasteiger partial charge is 0.377 e. The van der Waals surface area contributed by atoms with Gasteiger partial charge in [-0.3, -0.25) is 4.79 Å². The zero-order chi connectivity index (χ0) is 11.7. The van der Waals surface area contributed by atoms with Crippen molar-refractivity contribution in [2.75, 3.05) is 32.8 Å². The lowest BCUT2D eigenvalue weighted by molar-refractivity contribution is -0.129. The summed E-state index contributed by atoms with van der Waals surface area (Å²) in [6.45, 7) is 11.3. The van der Waals surface area contributed by atoms with E-state index in [0.29, 0.717) is 13.2 Å². The number of likely N-dealkylation sites (N-methyl/N-ethyl adjacent to an activating group) is 1. The first-order chi connectivity index (χ1) is 7.11. The van der Waals surface area contributed by atoms with Crippen LogP contribution in [0.5, 0.6) is 0 Å². The number of nitrogens with zero attached hydrogens (tertiary/aromatic N) is 1. The SMILES string of the molecule is CCN(CC)C(=O)CNCCOC(C)C. The molecule has 0 unspecified atom stereocenters. The van der Waals surface area contributed by atoms with Crippen molar-refractivity contribution in [2.24, 2.45) is 0 Å². The highest BCUT2D eigenvalue weighted by Crippen LogP contribution is 1.88. The molecule has 90 valence electrons. The number of hydrogen-bond acceptors (Lipinski definition) is 3. The summed E-state index contributed by atoms with van der Waals surface area (Å²) in [5, 5.41) is 3.07. The van der Waals surface area contributed by atoms with E-state index in [0.717, 1.165) is 19.6 Å². The van der Waals surface area contributed by atoms with Gasteiger partial charge in [-0.05, 0) is 27.7 Å². The molecule has 4 nitrogen and oxygen atoms in total. The van der Waals surface area contributed by atoms with E-state index in [-0.39, 0.29) is 12.0 Å². The average Bonchev–Trinajstić information content (AvgIpc) is 2.18. The summed E-state index contributed by atoms with van der Waals surface area (Å²) in [6.07, 6.45) is 0.255. The molecule has 0 heterocycles. The molecule has 0 aromatic heterocycles. The normalized spacial score (nSPS) is 10.7. The highest BCUT2D eigenvalue weighted by Gasteiger charge is 2.07. The van der Waals surface area contributed by atoms with E-state index >= 15 is 0 Å². The highest BCUT2D eigenvalue weighted by atomic mass is 16.5. The van der Waals surface area contributed by atoms with Gasteiger partial charge in [0.05, 0.1) is 19.3 Å². The summed E-state index contributed by atoms with van der Waals surface area (Å²) >= 11 is 0. The van der Waals surface area contributed by atoms with Crippen molar-refractivity contribution in [3.05, 3.63) is 0 Å². The Morgan fingerprint density at radius 1 is 1.33 bits per heavy atom. The molecule has 0 atom stereocenters. The van der Waals surface area contributed by atoms with Gasteiger partial charge in [-0.15, -0.1) is 0 Å². The van der Waals surface area contributed by atoms with Crippen LogP contribution in [0, 0.1) is 0 Å². The van der Waals surface area contributed by atoms with E-state index in [4.69, 9.17) is 4.74 Å². The topological polar surface area (TPSA) is 41.6 Å². The predicted octanol–water partition coefficient (Wildman–Crippen LogP) is 0.869. The maximum Gasteiger partial charge on any atom is 0.236 e. The van der Waals surface area contributed by atoms with Crippen molar-refractivity contribution in [1.29, 1.82) is 0 Å². The van der Waals surface area contributed by atoms with E-state index < -0.39 is 0 Å². The van der Waals surface area contributed by atoms with E-state index in [2.05, 4.69) is 5.32 Å². The number of rotatable bonds is 8. The number of hydrogen-bond donors (Lipinski definition) is 1. The quantitative estimate of drug-likeness (QED) is 0.612. The van der Waals surface area contributed by atoms with E-state index in [1.54, 1.807) is 0 Å². The second kappa shape index (κ2) is 8.68. The first-order valence-electron chi connectivity index (χ1n) is 5.71. The first kappa shape index (κ1) is 14.4. The minimum Gasteiger partial charge on any atom is -0.377 e. The predicted molar refractivity (Wildman–Crippen MR) is 61.9 cm³/mol. The van der Waals surface area contributed by atoms with Gasteiger partial charge in [0.15, 0.2) is 0 Å². The van der Waals surface area contributed by atoms with Gasteiger partial charge in [-0.25, -0.2) is 0 Å². The van der Waals surface area contributed by atoms with Gasteiger partial charge < -0.3 is 15.0 Å². The van der Waals surface area contributed by atoms with Gasteiger partial charge >= 0.3 is 0 Å². The van der Waals surface area contributed by atoms with Crippen molar-refractivity contribution < 1.29 is 9.53 Å². The molecule has 0 bridgehead atoms. The number of ether oxygens (including phenoxy) is 1. The molecule has 0 fully saturated rings. The summed E-state index contributed by atoms with van der Waals surface area (Å²) in [4.78, 5) is 13.3. The molecule has 0 saturated carbocycles. The molecule has 0 aromatic rings. The number of amides is 1. The Morgan fingerprint density at radius 2 is 1.93 bits per heavy atom. The lowest BCUT2D eigenvalue weighted by Gasteiger charge is -2.18. The summed E-state index contributed by atoms with van der Waals surface area (Å²) in [6, 6.07) is 0. The van der Waals surface area contributed by atoms with Crippen LogP contribution in [0.3, 0.4) is 0 Å². The Bertz CT molecular complexity index is 168. The monoisotopic (exact) mass is 216 g/mol. The minimum absolute atomic E-state index is 0.157. The third-order valence-electron chi connectivity index (χ3n) is 2.12. The molecule has 0 aliphatic carbocycles. The first-order valence-corrected chi connectivity index (χ1v) is 5.71. The van der Waals surface area contributed by atoms with Crippen LogP contribution in [0.1, 0.15) is 27.7 Å². The van der Waals surface area contributed by atoms with E-state index in [1.807, 2.05) is 32.6 Å². The Labute approximate surface area is 93.0 Å². The van der Waals surface area contributed by atoms with Crippen molar-refractivity contribution in [2.45, 2.75) is 33.8 Å². The fraction of sp³-hybridized carbons (Fsp3) is 0.909. The summed E-state index contributed by atoms with van der Waals surface area (Å²) in [7, 11) is 0. The van der Waals surface area contributed by atoms with E-state index in [9.17, 15) is 4.79 Å². The van der Waals surface area contributed by atoms with Crippen LogP contribution in [0.2, 0.25) is 0 Å². The van der Waals surface area contributed by atoms with Crippen molar-refractivity contribution in [3.63, 3.8) is 0 Å². The molecule has 0 aliphatic rings. The standard InChI is InChI=1S/C11H24N2O2/c1-5-13(6-2)11(14)9-12-7-8-15-10(3)4/h10,12H,5-9H2,1-4H3. The zero-order valence-electron chi connectivity index (χ0n) is 10.4. The molecular weight excluding hydrogens is 192 g/mol. The summed E-state index contributed by atoms with van der Waals surface area (Å²) in [5.74, 6) is 0.157. The fourth-order valence-electron chi connectivity index (χ4n) is 1.25. The highest BCUT2D eigenvalue weighted by molar-refractivity contribution is 5.78. The van der Waals surface area contributed by atoms with Crippen molar-refractivity contribution in [1.82, 2.24) is 10.2 Å². The smallest absolute Gasteiger partial charge is 0.236 e. The van der Waals surface area contributed by atoms with Crippen LogP contribution in [0.15, 0.2) is 0 Å². The minimum atomic E-state index is 0.157. The third kappa shape index (κ3) is 7.33. The molecule has 4 heteroatoms. The second-order valence-corrected chi connectivity index (χ2v) is 3.66. The van der Waals surface area contributed by atoms with Crippen molar-refractivity contribution >= 4 is 5.91 Å². The fourth-order valence-corrected chi connectivity index (χ4v) is 1.25. The second-order valence-electron chi connectivity index (χ2n) is 3.66. The lowest BCUT2D eigenvalue weighted by Crippen LogP contribution is -2.38. The van der Waals surface area contributed by atoms with Crippen LogP contribution >= 0.6 is 0 Å².